The second-order valence-corrected chi connectivity index (χ2v) is 5.86. The molecule has 94 valence electrons. The van der Waals surface area contributed by atoms with Gasteiger partial charge in [0.05, 0.1) is 10.6 Å². The van der Waals surface area contributed by atoms with Gasteiger partial charge in [0.1, 0.15) is 10.6 Å². The van der Waals surface area contributed by atoms with Crippen LogP contribution in [0.3, 0.4) is 0 Å². The second-order valence-electron chi connectivity index (χ2n) is 4.42. The first-order valence-electron chi connectivity index (χ1n) is 4.96. The van der Waals surface area contributed by atoms with E-state index in [4.69, 9.17) is 22.7 Å². The lowest BCUT2D eigenvalue weighted by atomic mass is 10.2. The summed E-state index contributed by atoms with van der Waals surface area (Å²) < 4.78 is 5.10. The molecule has 1 aromatic heterocycles. The van der Waals surface area contributed by atoms with Crippen molar-refractivity contribution in [1.29, 1.82) is 0 Å². The summed E-state index contributed by atoms with van der Waals surface area (Å²) in [5.41, 5.74) is 5.68. The Hall–Kier alpha value is -1.21. The molecule has 0 aliphatic carbocycles. The van der Waals surface area contributed by atoms with E-state index < -0.39 is 11.7 Å². The Morgan fingerprint density at radius 3 is 2.53 bits per heavy atom. The molecule has 1 amide bonds. The molecule has 0 aliphatic heterocycles. The van der Waals surface area contributed by atoms with E-state index in [1.165, 1.54) is 11.3 Å². The van der Waals surface area contributed by atoms with Crippen molar-refractivity contribution in [3.63, 3.8) is 0 Å². The summed E-state index contributed by atoms with van der Waals surface area (Å²) in [7, 11) is 0. The molecule has 17 heavy (non-hydrogen) atoms. The summed E-state index contributed by atoms with van der Waals surface area (Å²) in [5.74, 6) is 0. The molecule has 3 N–H and O–H groups in total. The highest BCUT2D eigenvalue weighted by molar-refractivity contribution is 7.81. The third-order valence-corrected chi connectivity index (χ3v) is 3.07. The van der Waals surface area contributed by atoms with Gasteiger partial charge < -0.3 is 10.5 Å². The number of rotatable bonds is 2. The van der Waals surface area contributed by atoms with Gasteiger partial charge in [0.2, 0.25) is 0 Å². The van der Waals surface area contributed by atoms with Crippen LogP contribution in [0.15, 0.2) is 0 Å². The van der Waals surface area contributed by atoms with Crippen LogP contribution in [0, 0.1) is 6.92 Å². The van der Waals surface area contributed by atoms with Gasteiger partial charge in [-0.15, -0.1) is 0 Å². The predicted molar refractivity (Wildman–Crippen MR) is 72.6 cm³/mol. The number of amides is 1. The Kier molecular flexibility index (Phi) is 4.05. The van der Waals surface area contributed by atoms with Crippen LogP contribution in [0.2, 0.25) is 0 Å². The first kappa shape index (κ1) is 13.9. The molecule has 0 fully saturated rings. The number of aryl methyl sites for hydroxylation is 1. The Morgan fingerprint density at radius 1 is 1.53 bits per heavy atom. The van der Waals surface area contributed by atoms with E-state index in [1.807, 2.05) is 0 Å². The molecular formula is C10H15N3O2S2. The van der Waals surface area contributed by atoms with E-state index in [1.54, 1.807) is 27.7 Å². The number of thiazole rings is 1. The summed E-state index contributed by atoms with van der Waals surface area (Å²) >= 11 is 6.10. The van der Waals surface area contributed by atoms with E-state index in [-0.39, 0.29) is 4.99 Å². The predicted octanol–water partition coefficient (Wildman–Crippen LogP) is 2.43. The van der Waals surface area contributed by atoms with Crippen LogP contribution in [0.1, 0.15) is 31.3 Å². The smallest absolute Gasteiger partial charge is 0.413 e. The van der Waals surface area contributed by atoms with Crippen molar-refractivity contribution in [2.75, 3.05) is 5.32 Å². The van der Waals surface area contributed by atoms with Crippen molar-refractivity contribution in [2.24, 2.45) is 5.73 Å². The number of nitrogens with two attached hydrogens (primary N) is 1. The zero-order chi connectivity index (χ0) is 13.2. The largest absolute Gasteiger partial charge is 0.444 e. The van der Waals surface area contributed by atoms with Crippen LogP contribution in [0.5, 0.6) is 0 Å². The highest BCUT2D eigenvalue weighted by Crippen LogP contribution is 2.22. The Bertz CT molecular complexity index is 449. The van der Waals surface area contributed by atoms with Crippen molar-refractivity contribution in [3.05, 3.63) is 10.6 Å². The van der Waals surface area contributed by atoms with E-state index in [2.05, 4.69) is 10.3 Å². The molecule has 0 atom stereocenters. The molecule has 7 heteroatoms. The Morgan fingerprint density at radius 2 is 2.12 bits per heavy atom. The summed E-state index contributed by atoms with van der Waals surface area (Å²) in [6, 6.07) is 0. The number of aromatic nitrogens is 1. The van der Waals surface area contributed by atoms with Crippen LogP contribution in [-0.2, 0) is 4.74 Å². The normalized spacial score (nSPS) is 11.1. The molecule has 0 radical (unpaired) electrons. The summed E-state index contributed by atoms with van der Waals surface area (Å²) in [6.07, 6.45) is -0.541. The average Bonchev–Trinajstić information content (AvgIpc) is 2.42. The van der Waals surface area contributed by atoms with Gasteiger partial charge in [-0.2, -0.15) is 0 Å². The Balaban J connectivity index is 2.73. The number of carbonyl (C=O) groups excluding carboxylic acids is 1. The lowest BCUT2D eigenvalue weighted by Crippen LogP contribution is -2.27. The number of nitrogens with zero attached hydrogens (tertiary/aromatic N) is 1. The third kappa shape index (κ3) is 4.27. The summed E-state index contributed by atoms with van der Waals surface area (Å²) in [4.78, 5) is 16.6. The van der Waals surface area contributed by atoms with Crippen molar-refractivity contribution in [2.45, 2.75) is 33.3 Å². The first-order chi connectivity index (χ1) is 7.69. The zero-order valence-corrected chi connectivity index (χ0v) is 11.8. The highest BCUT2D eigenvalue weighted by atomic mass is 32.1. The second kappa shape index (κ2) is 4.97. The lowest BCUT2D eigenvalue weighted by molar-refractivity contribution is 0.0636. The van der Waals surface area contributed by atoms with Crippen LogP contribution in [0.4, 0.5) is 9.93 Å². The molecule has 0 saturated carbocycles. The number of thiocarbonyl (C=S) groups is 1. The minimum absolute atomic E-state index is 0.275. The molecule has 0 bridgehead atoms. The topological polar surface area (TPSA) is 77.2 Å². The van der Waals surface area contributed by atoms with Crippen molar-refractivity contribution in [3.8, 4) is 0 Å². The highest BCUT2D eigenvalue weighted by Gasteiger charge is 2.18. The fourth-order valence-corrected chi connectivity index (χ4v) is 2.15. The standard InChI is InChI=1S/C10H15N3O2S2/c1-5-6(7(11)16)17-8(12-5)13-9(14)15-10(2,3)4/h1-4H3,(H2,11,16)(H,12,13,14). The fourth-order valence-electron chi connectivity index (χ4n) is 1.07. The number of carbonyl (C=O) groups is 1. The molecule has 0 unspecified atom stereocenters. The molecule has 5 nitrogen and oxygen atoms in total. The monoisotopic (exact) mass is 273 g/mol. The number of nitrogens with one attached hydrogen (secondary N) is 1. The van der Waals surface area contributed by atoms with Gasteiger partial charge in [-0.05, 0) is 27.7 Å². The van der Waals surface area contributed by atoms with Crippen LogP contribution >= 0.6 is 23.6 Å². The van der Waals surface area contributed by atoms with E-state index in [0.717, 1.165) is 0 Å². The van der Waals surface area contributed by atoms with Gasteiger partial charge in [-0.1, -0.05) is 23.6 Å². The fraction of sp³-hybridized carbons (Fsp3) is 0.500. The van der Waals surface area contributed by atoms with Crippen LogP contribution < -0.4 is 11.1 Å². The molecule has 0 aromatic carbocycles. The van der Waals surface area contributed by atoms with Gasteiger partial charge in [0, 0.05) is 0 Å². The number of anilines is 1. The molecule has 0 saturated heterocycles. The minimum Gasteiger partial charge on any atom is -0.444 e. The summed E-state index contributed by atoms with van der Waals surface area (Å²) in [5, 5.41) is 2.98. The number of hydrogen-bond donors (Lipinski definition) is 2. The lowest BCUT2D eigenvalue weighted by Gasteiger charge is -2.18. The van der Waals surface area contributed by atoms with Gasteiger partial charge in [-0.3, -0.25) is 5.32 Å². The number of ether oxygens (including phenoxy) is 1. The number of hydrogen-bond acceptors (Lipinski definition) is 5. The molecule has 1 heterocycles. The average molecular weight is 273 g/mol. The molecular weight excluding hydrogens is 258 g/mol. The minimum atomic E-state index is -0.541. The van der Waals surface area contributed by atoms with E-state index in [0.29, 0.717) is 15.7 Å². The van der Waals surface area contributed by atoms with Crippen molar-refractivity contribution in [1.82, 2.24) is 4.98 Å². The van der Waals surface area contributed by atoms with E-state index >= 15 is 0 Å². The van der Waals surface area contributed by atoms with Crippen molar-refractivity contribution < 1.29 is 9.53 Å². The molecule has 0 aliphatic rings. The third-order valence-electron chi connectivity index (χ3n) is 1.63. The SMILES string of the molecule is Cc1nc(NC(=O)OC(C)(C)C)sc1C(N)=S. The maximum absolute atomic E-state index is 11.5. The molecule has 0 spiro atoms. The van der Waals surface area contributed by atoms with Crippen molar-refractivity contribution >= 4 is 39.8 Å². The summed E-state index contributed by atoms with van der Waals surface area (Å²) in [6.45, 7) is 7.16. The quantitative estimate of drug-likeness (QED) is 0.809. The van der Waals surface area contributed by atoms with Crippen LogP contribution in [0.25, 0.3) is 0 Å². The molecule has 1 rings (SSSR count). The van der Waals surface area contributed by atoms with E-state index in [9.17, 15) is 4.79 Å². The van der Waals surface area contributed by atoms with Gasteiger partial charge >= 0.3 is 6.09 Å². The van der Waals surface area contributed by atoms with Gasteiger partial charge in [-0.25, -0.2) is 9.78 Å². The first-order valence-corrected chi connectivity index (χ1v) is 6.19. The van der Waals surface area contributed by atoms with Gasteiger partial charge in [0.15, 0.2) is 5.13 Å². The van der Waals surface area contributed by atoms with Gasteiger partial charge in [0.25, 0.3) is 0 Å². The Labute approximate surface area is 109 Å². The maximum atomic E-state index is 11.5. The maximum Gasteiger partial charge on any atom is 0.413 e. The van der Waals surface area contributed by atoms with Crippen LogP contribution in [-0.4, -0.2) is 21.7 Å². The zero-order valence-electron chi connectivity index (χ0n) is 10.2. The molecule has 1 aromatic rings.